The summed E-state index contributed by atoms with van der Waals surface area (Å²) in [5.74, 6) is -0.0643. The first-order valence-electron chi connectivity index (χ1n) is 8.92. The van der Waals surface area contributed by atoms with Crippen LogP contribution in [-0.4, -0.2) is 57.6 Å². The lowest BCUT2D eigenvalue weighted by atomic mass is 10.3. The average molecular weight is 441 g/mol. The molecule has 0 atom stereocenters. The molecule has 1 saturated heterocycles. The van der Waals surface area contributed by atoms with E-state index >= 15 is 0 Å². The van der Waals surface area contributed by atoms with Crippen LogP contribution in [0.3, 0.4) is 0 Å². The lowest BCUT2D eigenvalue weighted by molar-refractivity contribution is -0.895. The zero-order valence-electron chi connectivity index (χ0n) is 15.5. The van der Waals surface area contributed by atoms with Crippen LogP contribution in [-0.2, 0) is 14.8 Å². The van der Waals surface area contributed by atoms with Crippen LogP contribution in [0.25, 0.3) is 0 Å². The molecule has 0 bridgehead atoms. The lowest BCUT2D eigenvalue weighted by Crippen LogP contribution is -3.15. The van der Waals surface area contributed by atoms with Crippen molar-refractivity contribution in [2.75, 3.05) is 44.3 Å². The molecule has 28 heavy (non-hydrogen) atoms. The summed E-state index contributed by atoms with van der Waals surface area (Å²) < 4.78 is 26.9. The number of amides is 1. The highest BCUT2D eigenvalue weighted by atomic mass is 35.5. The van der Waals surface area contributed by atoms with Gasteiger partial charge in [0.05, 0.1) is 36.8 Å². The summed E-state index contributed by atoms with van der Waals surface area (Å²) in [5, 5.41) is 3.46. The number of hydrogen-bond acceptors (Lipinski definition) is 4. The molecule has 0 radical (unpaired) electrons. The van der Waals surface area contributed by atoms with Gasteiger partial charge in [0, 0.05) is 9.92 Å². The minimum Gasteiger partial charge on any atom is -0.325 e. The van der Waals surface area contributed by atoms with Crippen molar-refractivity contribution in [3.8, 4) is 0 Å². The smallest absolute Gasteiger partial charge is 0.279 e. The van der Waals surface area contributed by atoms with Gasteiger partial charge in [-0.05, 0) is 42.7 Å². The summed E-state index contributed by atoms with van der Waals surface area (Å²) in [6.45, 7) is 2.26. The molecule has 1 aliphatic rings. The van der Waals surface area contributed by atoms with Crippen molar-refractivity contribution in [3.05, 3.63) is 53.6 Å². The zero-order valence-corrected chi connectivity index (χ0v) is 17.9. The standard InChI is InChI=1S/C19H22ClN3O3S2/c1-27-18-5-3-2-4-17(18)21-19(24)14-22-10-12-23(13-11-22)28(25,26)16-8-6-15(20)7-9-16/h2-9H,10-14H2,1H3,(H,21,24)/p+1. The first-order valence-corrected chi connectivity index (χ1v) is 12.0. The molecule has 6 nitrogen and oxygen atoms in total. The second-order valence-electron chi connectivity index (χ2n) is 6.53. The van der Waals surface area contributed by atoms with Gasteiger partial charge in [-0.1, -0.05) is 23.7 Å². The van der Waals surface area contributed by atoms with E-state index in [-0.39, 0.29) is 10.8 Å². The fraction of sp³-hybridized carbons (Fsp3) is 0.316. The van der Waals surface area contributed by atoms with Crippen molar-refractivity contribution in [3.63, 3.8) is 0 Å². The highest BCUT2D eigenvalue weighted by Gasteiger charge is 2.31. The van der Waals surface area contributed by atoms with Gasteiger partial charge < -0.3 is 10.2 Å². The number of para-hydroxylation sites is 1. The first-order chi connectivity index (χ1) is 13.4. The number of nitrogens with one attached hydrogen (secondary N) is 2. The SMILES string of the molecule is CSc1ccccc1NC(=O)C[NH+]1CCN(S(=O)(=O)c2ccc(Cl)cc2)CC1. The second-order valence-corrected chi connectivity index (χ2v) is 9.76. The zero-order chi connectivity index (χ0) is 20.1. The van der Waals surface area contributed by atoms with E-state index in [1.165, 1.54) is 16.4 Å². The molecule has 2 aromatic carbocycles. The van der Waals surface area contributed by atoms with Crippen LogP contribution in [0.5, 0.6) is 0 Å². The lowest BCUT2D eigenvalue weighted by Gasteiger charge is -2.31. The molecular weight excluding hydrogens is 418 g/mol. The maximum absolute atomic E-state index is 12.7. The topological polar surface area (TPSA) is 70.9 Å². The summed E-state index contributed by atoms with van der Waals surface area (Å²) in [6.07, 6.45) is 1.97. The Balaban J connectivity index is 1.55. The van der Waals surface area contributed by atoms with Crippen molar-refractivity contribution in [2.24, 2.45) is 0 Å². The number of hydrogen-bond donors (Lipinski definition) is 2. The predicted octanol–water partition coefficient (Wildman–Crippen LogP) is 1.59. The number of piperazine rings is 1. The van der Waals surface area contributed by atoms with Crippen molar-refractivity contribution >= 4 is 45.0 Å². The number of nitrogens with zero attached hydrogens (tertiary/aromatic N) is 1. The van der Waals surface area contributed by atoms with Gasteiger partial charge in [-0.3, -0.25) is 4.79 Å². The molecule has 0 unspecified atom stereocenters. The molecule has 2 aromatic rings. The number of quaternary nitrogens is 1. The van der Waals surface area contributed by atoms with Gasteiger partial charge in [0.1, 0.15) is 0 Å². The Bertz CT molecular complexity index is 928. The fourth-order valence-electron chi connectivity index (χ4n) is 3.14. The Hall–Kier alpha value is -1.58. The monoisotopic (exact) mass is 440 g/mol. The van der Waals surface area contributed by atoms with Crippen molar-refractivity contribution < 1.29 is 18.1 Å². The minimum absolute atomic E-state index is 0.0643. The fourth-order valence-corrected chi connectivity index (χ4v) is 5.27. The molecule has 1 fully saturated rings. The van der Waals surface area contributed by atoms with Crippen LogP contribution in [0.1, 0.15) is 0 Å². The molecule has 1 heterocycles. The van der Waals surface area contributed by atoms with Gasteiger partial charge in [0.2, 0.25) is 10.0 Å². The Morgan fingerprint density at radius 3 is 2.43 bits per heavy atom. The van der Waals surface area contributed by atoms with Crippen LogP contribution in [0.4, 0.5) is 5.69 Å². The van der Waals surface area contributed by atoms with Gasteiger partial charge in [-0.2, -0.15) is 4.31 Å². The van der Waals surface area contributed by atoms with E-state index in [2.05, 4.69) is 5.32 Å². The number of sulfonamides is 1. The van der Waals surface area contributed by atoms with E-state index < -0.39 is 10.0 Å². The molecule has 1 amide bonds. The number of benzene rings is 2. The van der Waals surface area contributed by atoms with E-state index in [1.54, 1.807) is 23.9 Å². The summed E-state index contributed by atoms with van der Waals surface area (Å²) in [4.78, 5) is 14.7. The van der Waals surface area contributed by atoms with Gasteiger partial charge in [0.25, 0.3) is 5.91 Å². The van der Waals surface area contributed by atoms with Gasteiger partial charge >= 0.3 is 0 Å². The van der Waals surface area contributed by atoms with Crippen molar-refractivity contribution in [1.82, 2.24) is 4.31 Å². The van der Waals surface area contributed by atoms with Crippen LogP contribution < -0.4 is 10.2 Å². The number of anilines is 1. The third-order valence-electron chi connectivity index (χ3n) is 4.67. The number of carbonyl (C=O) groups excluding carboxylic acids is 1. The van der Waals surface area contributed by atoms with Crippen LogP contribution >= 0.6 is 23.4 Å². The summed E-state index contributed by atoms with van der Waals surface area (Å²) in [6, 6.07) is 13.9. The second kappa shape index (κ2) is 9.28. The third-order valence-corrected chi connectivity index (χ3v) is 7.63. The molecule has 9 heteroatoms. The molecule has 0 aliphatic carbocycles. The molecule has 3 rings (SSSR count). The Morgan fingerprint density at radius 2 is 1.79 bits per heavy atom. The quantitative estimate of drug-likeness (QED) is 0.669. The maximum atomic E-state index is 12.7. The van der Waals surface area contributed by atoms with Crippen LogP contribution in [0.15, 0.2) is 58.3 Å². The van der Waals surface area contributed by atoms with Crippen molar-refractivity contribution in [1.29, 1.82) is 0 Å². The van der Waals surface area contributed by atoms with Crippen LogP contribution in [0, 0.1) is 0 Å². The summed E-state index contributed by atoms with van der Waals surface area (Å²) in [7, 11) is -3.53. The van der Waals surface area contributed by atoms with E-state index in [9.17, 15) is 13.2 Å². The van der Waals surface area contributed by atoms with E-state index in [0.29, 0.717) is 37.7 Å². The Morgan fingerprint density at radius 1 is 1.14 bits per heavy atom. The molecule has 0 spiro atoms. The van der Waals surface area contributed by atoms with E-state index in [0.717, 1.165) is 15.5 Å². The highest BCUT2D eigenvalue weighted by Crippen LogP contribution is 2.24. The average Bonchev–Trinajstić information content (AvgIpc) is 2.69. The third kappa shape index (κ3) is 5.07. The maximum Gasteiger partial charge on any atom is 0.279 e. The van der Waals surface area contributed by atoms with Gasteiger partial charge in [0.15, 0.2) is 6.54 Å². The molecule has 2 N–H and O–H groups in total. The Kier molecular flexibility index (Phi) is 7.00. The van der Waals surface area contributed by atoms with Crippen LogP contribution in [0.2, 0.25) is 5.02 Å². The molecule has 1 aliphatic heterocycles. The molecule has 150 valence electrons. The molecule has 0 saturated carbocycles. The Labute approximate surface area is 174 Å². The number of carbonyl (C=O) groups is 1. The molecule has 0 aromatic heterocycles. The number of halogens is 1. The summed E-state index contributed by atoms with van der Waals surface area (Å²) >= 11 is 7.42. The van der Waals surface area contributed by atoms with E-state index in [1.807, 2.05) is 30.5 Å². The van der Waals surface area contributed by atoms with Gasteiger partial charge in [-0.15, -0.1) is 11.8 Å². The van der Waals surface area contributed by atoms with Gasteiger partial charge in [-0.25, -0.2) is 8.42 Å². The largest absolute Gasteiger partial charge is 0.325 e. The highest BCUT2D eigenvalue weighted by molar-refractivity contribution is 7.98. The molecular formula is C19H23ClN3O3S2+. The van der Waals surface area contributed by atoms with E-state index in [4.69, 9.17) is 11.6 Å². The predicted molar refractivity (Wildman–Crippen MR) is 113 cm³/mol. The number of rotatable bonds is 6. The number of thioether (sulfide) groups is 1. The first kappa shape index (κ1) is 21.1. The minimum atomic E-state index is -3.53. The summed E-state index contributed by atoms with van der Waals surface area (Å²) in [5.41, 5.74) is 0.809. The van der Waals surface area contributed by atoms with Crippen molar-refractivity contribution in [2.45, 2.75) is 9.79 Å². The normalized spacial score (nSPS) is 16.1.